The summed E-state index contributed by atoms with van der Waals surface area (Å²) >= 11 is 0. The van der Waals surface area contributed by atoms with Gasteiger partial charge in [-0.05, 0) is 55.3 Å². The summed E-state index contributed by atoms with van der Waals surface area (Å²) in [7, 11) is 3.51. The number of nitrogens with zero attached hydrogens (tertiary/aromatic N) is 6. The number of fused-ring (bicyclic) bond motifs is 1. The van der Waals surface area contributed by atoms with Crippen molar-refractivity contribution in [3.63, 3.8) is 0 Å². The molecule has 0 unspecified atom stereocenters. The summed E-state index contributed by atoms with van der Waals surface area (Å²) in [5.74, 6) is 1.70. The van der Waals surface area contributed by atoms with Crippen LogP contribution in [0, 0.1) is 12.7 Å². The van der Waals surface area contributed by atoms with Gasteiger partial charge in [-0.25, -0.2) is 19.3 Å². The molecule has 0 bridgehead atoms. The number of rotatable bonds is 6. The number of benzene rings is 1. The summed E-state index contributed by atoms with van der Waals surface area (Å²) in [4.78, 5) is 18.7. The Morgan fingerprint density at radius 1 is 1.03 bits per heavy atom. The van der Waals surface area contributed by atoms with Crippen molar-refractivity contribution in [2.24, 2.45) is 7.05 Å². The Bertz CT molecular complexity index is 1520. The lowest BCUT2D eigenvalue weighted by Crippen LogP contribution is -2.03. The van der Waals surface area contributed by atoms with E-state index in [9.17, 15) is 4.39 Å². The molecule has 9 heteroatoms. The van der Waals surface area contributed by atoms with Gasteiger partial charge >= 0.3 is 0 Å². The lowest BCUT2D eigenvalue weighted by molar-refractivity contribution is 0.396. The summed E-state index contributed by atoms with van der Waals surface area (Å²) in [6, 6.07) is 12.1. The monoisotopic (exact) mass is 471 g/mol. The standard InChI is InChI=1S/C26H26FN7O/c1-15(2)19-12-20(23-25(30-19)33(4)24(32-23)17-6-8-18(27)9-7-17)29-22-11-10-21(26(31-22)35-5)34-13-16(3)28-14-34/h6-15H,1-5H3,(H,29,30,31). The van der Waals surface area contributed by atoms with Crippen LogP contribution in [-0.2, 0) is 7.05 Å². The van der Waals surface area contributed by atoms with Crippen LogP contribution in [0.2, 0.25) is 0 Å². The van der Waals surface area contributed by atoms with Crippen LogP contribution in [0.25, 0.3) is 28.2 Å². The maximum atomic E-state index is 13.5. The van der Waals surface area contributed by atoms with Gasteiger partial charge in [-0.15, -0.1) is 0 Å². The molecule has 35 heavy (non-hydrogen) atoms. The van der Waals surface area contributed by atoms with Gasteiger partial charge in [0.25, 0.3) is 0 Å². The summed E-state index contributed by atoms with van der Waals surface area (Å²) in [6.07, 6.45) is 3.65. The number of nitrogens with one attached hydrogen (secondary N) is 1. The highest BCUT2D eigenvalue weighted by Crippen LogP contribution is 2.32. The number of pyridine rings is 2. The molecule has 1 aromatic carbocycles. The number of hydrogen-bond donors (Lipinski definition) is 1. The first kappa shape index (κ1) is 22.5. The van der Waals surface area contributed by atoms with Crippen LogP contribution >= 0.6 is 0 Å². The average Bonchev–Trinajstić information content (AvgIpc) is 3.43. The maximum Gasteiger partial charge on any atom is 0.240 e. The van der Waals surface area contributed by atoms with Gasteiger partial charge < -0.3 is 19.2 Å². The van der Waals surface area contributed by atoms with E-state index in [1.54, 1.807) is 25.6 Å². The van der Waals surface area contributed by atoms with Gasteiger partial charge in [-0.3, -0.25) is 0 Å². The van der Waals surface area contributed by atoms with Gasteiger partial charge in [0, 0.05) is 24.5 Å². The quantitative estimate of drug-likeness (QED) is 0.350. The third-order valence-electron chi connectivity index (χ3n) is 5.83. The molecule has 5 rings (SSSR count). The van der Waals surface area contributed by atoms with E-state index in [2.05, 4.69) is 29.1 Å². The van der Waals surface area contributed by atoms with Crippen LogP contribution in [0.4, 0.5) is 15.9 Å². The smallest absolute Gasteiger partial charge is 0.240 e. The van der Waals surface area contributed by atoms with Gasteiger partial charge in [0.2, 0.25) is 5.88 Å². The molecule has 0 saturated carbocycles. The number of hydrogen-bond acceptors (Lipinski definition) is 6. The number of imidazole rings is 2. The first-order valence-corrected chi connectivity index (χ1v) is 11.3. The second kappa shape index (κ2) is 8.83. The molecular weight excluding hydrogens is 445 g/mol. The van der Waals surface area contributed by atoms with Crippen LogP contribution in [0.3, 0.4) is 0 Å². The van der Waals surface area contributed by atoms with Gasteiger partial charge in [0.1, 0.15) is 28.7 Å². The van der Waals surface area contributed by atoms with Crippen LogP contribution in [0.5, 0.6) is 5.88 Å². The first-order chi connectivity index (χ1) is 16.8. The van der Waals surface area contributed by atoms with E-state index in [0.717, 1.165) is 34.0 Å². The molecule has 0 saturated heterocycles. The summed E-state index contributed by atoms with van der Waals surface area (Å²) in [5.41, 5.74) is 5.64. The minimum Gasteiger partial charge on any atom is -0.479 e. The van der Waals surface area contributed by atoms with E-state index in [1.807, 2.05) is 47.5 Å². The van der Waals surface area contributed by atoms with Crippen LogP contribution in [0.1, 0.15) is 31.2 Å². The molecule has 4 aromatic heterocycles. The summed E-state index contributed by atoms with van der Waals surface area (Å²) in [5, 5.41) is 3.41. The minimum absolute atomic E-state index is 0.207. The molecule has 0 aliphatic rings. The molecule has 4 heterocycles. The van der Waals surface area contributed by atoms with Gasteiger partial charge in [0.15, 0.2) is 5.65 Å². The van der Waals surface area contributed by atoms with E-state index in [1.165, 1.54) is 12.1 Å². The molecule has 1 N–H and O–H groups in total. The minimum atomic E-state index is -0.288. The van der Waals surface area contributed by atoms with Crippen molar-refractivity contribution in [2.45, 2.75) is 26.7 Å². The number of aromatic nitrogens is 6. The average molecular weight is 472 g/mol. The Hall–Kier alpha value is -4.27. The Kier molecular flexibility index (Phi) is 5.68. The van der Waals surface area contributed by atoms with E-state index in [4.69, 9.17) is 14.7 Å². The van der Waals surface area contributed by atoms with Crippen molar-refractivity contribution in [2.75, 3.05) is 12.4 Å². The molecule has 0 aliphatic heterocycles. The highest BCUT2D eigenvalue weighted by molar-refractivity contribution is 5.90. The molecule has 0 fully saturated rings. The van der Waals surface area contributed by atoms with Crippen LogP contribution < -0.4 is 10.1 Å². The van der Waals surface area contributed by atoms with Gasteiger partial charge in [0.05, 0.1) is 24.8 Å². The number of aryl methyl sites for hydroxylation is 2. The molecule has 0 radical (unpaired) electrons. The van der Waals surface area contributed by atoms with Crippen molar-refractivity contribution in [3.8, 4) is 23.0 Å². The van der Waals surface area contributed by atoms with Crippen LogP contribution in [0.15, 0.2) is 55.0 Å². The third kappa shape index (κ3) is 4.21. The van der Waals surface area contributed by atoms with Crippen molar-refractivity contribution in [1.82, 2.24) is 29.1 Å². The number of ether oxygens (including phenoxy) is 1. The summed E-state index contributed by atoms with van der Waals surface area (Å²) < 4.78 is 22.9. The van der Waals surface area contributed by atoms with Crippen LogP contribution in [-0.4, -0.2) is 36.2 Å². The zero-order valence-electron chi connectivity index (χ0n) is 20.2. The van der Waals surface area contributed by atoms with E-state index < -0.39 is 0 Å². The number of halogens is 1. The number of methoxy groups -OCH3 is 1. The zero-order valence-corrected chi connectivity index (χ0v) is 20.2. The normalized spacial score (nSPS) is 11.4. The highest BCUT2D eigenvalue weighted by atomic mass is 19.1. The second-order valence-electron chi connectivity index (χ2n) is 8.70. The van der Waals surface area contributed by atoms with Gasteiger partial charge in [-0.1, -0.05) is 13.8 Å². The first-order valence-electron chi connectivity index (χ1n) is 11.3. The Morgan fingerprint density at radius 3 is 2.46 bits per heavy atom. The van der Waals surface area contributed by atoms with Gasteiger partial charge in [-0.2, -0.15) is 4.98 Å². The lowest BCUT2D eigenvalue weighted by atomic mass is 10.1. The molecule has 0 aliphatic carbocycles. The molecule has 0 spiro atoms. The fourth-order valence-corrected chi connectivity index (χ4v) is 3.96. The summed E-state index contributed by atoms with van der Waals surface area (Å²) in [6.45, 7) is 6.12. The van der Waals surface area contributed by atoms with Crippen molar-refractivity contribution in [3.05, 3.63) is 72.2 Å². The molecule has 0 amide bonds. The SMILES string of the molecule is COc1nc(Nc2cc(C(C)C)nc3c2nc(-c2ccc(F)cc2)n3C)ccc1-n1cnc(C)c1. The maximum absolute atomic E-state index is 13.5. The predicted molar refractivity (Wildman–Crippen MR) is 134 cm³/mol. The largest absolute Gasteiger partial charge is 0.479 e. The molecular formula is C26H26FN7O. The topological polar surface area (TPSA) is 82.7 Å². The predicted octanol–water partition coefficient (Wildman–Crippen LogP) is 5.54. The molecule has 8 nitrogen and oxygen atoms in total. The van der Waals surface area contributed by atoms with Crippen molar-refractivity contribution < 1.29 is 9.13 Å². The fraction of sp³-hybridized carbons (Fsp3) is 0.231. The highest BCUT2D eigenvalue weighted by Gasteiger charge is 2.18. The number of anilines is 2. The Morgan fingerprint density at radius 2 is 1.80 bits per heavy atom. The second-order valence-corrected chi connectivity index (χ2v) is 8.70. The van der Waals surface area contributed by atoms with E-state index in [0.29, 0.717) is 23.0 Å². The van der Waals surface area contributed by atoms with Crippen molar-refractivity contribution in [1.29, 1.82) is 0 Å². The lowest BCUT2D eigenvalue weighted by Gasteiger charge is -2.13. The van der Waals surface area contributed by atoms with E-state index in [-0.39, 0.29) is 11.7 Å². The third-order valence-corrected chi connectivity index (χ3v) is 5.83. The van der Waals surface area contributed by atoms with E-state index >= 15 is 0 Å². The zero-order chi connectivity index (χ0) is 24.7. The fourth-order valence-electron chi connectivity index (χ4n) is 3.96. The Labute approximate surface area is 202 Å². The molecule has 5 aromatic rings. The van der Waals surface area contributed by atoms with Crippen molar-refractivity contribution >= 4 is 22.7 Å². The molecule has 178 valence electrons. The molecule has 0 atom stereocenters. The Balaban J connectivity index is 1.60.